The summed E-state index contributed by atoms with van der Waals surface area (Å²) in [4.78, 5) is 60.4. The number of amides is 3. The minimum atomic E-state index is -0.972. The summed E-state index contributed by atoms with van der Waals surface area (Å²) in [5.74, 6) is -0.507. The maximum Gasteiger partial charge on any atom is 0.338 e. The van der Waals surface area contributed by atoms with Gasteiger partial charge in [0.25, 0.3) is 5.91 Å². The maximum atomic E-state index is 12.2. The number of carbonyl (C=O) groups excluding carboxylic acids is 5. The predicted octanol–water partition coefficient (Wildman–Crippen LogP) is 2.91. The third kappa shape index (κ3) is 9.27. The van der Waals surface area contributed by atoms with Crippen LogP contribution < -0.4 is 0 Å². The van der Waals surface area contributed by atoms with Gasteiger partial charge in [-0.05, 0) is 69.6 Å². The first-order valence-electron chi connectivity index (χ1n) is 14.9. The van der Waals surface area contributed by atoms with Gasteiger partial charge in [-0.2, -0.15) is 0 Å². The minimum Gasteiger partial charge on any atom is -0.508 e. The number of hydrogen-bond acceptors (Lipinski definition) is 11. The molecule has 45 heavy (non-hydrogen) atoms. The van der Waals surface area contributed by atoms with E-state index in [0.717, 1.165) is 11.3 Å². The molecule has 2 fully saturated rings. The Bertz CT molecular complexity index is 1230. The van der Waals surface area contributed by atoms with Crippen LogP contribution in [0.1, 0.15) is 74.1 Å². The topological polar surface area (TPSA) is 180 Å². The Morgan fingerprint density at radius 2 is 1.40 bits per heavy atom. The molecule has 13 heteroatoms. The van der Waals surface area contributed by atoms with Gasteiger partial charge in [0.2, 0.25) is 0 Å². The second-order valence-electron chi connectivity index (χ2n) is 11.7. The Morgan fingerprint density at radius 3 is 1.82 bits per heavy atom. The number of ether oxygens (including phenoxy) is 3. The SMILES string of the molecule is CCC(O)CN1C(=O)N(CC(O)CC)C(C)(C)C1=O.COC(=O)C1CC2C=CC1C2.COC(=O)c1cc(O)cc(C(=O)OC)c1. The third-order valence-electron chi connectivity index (χ3n) is 8.18. The van der Waals surface area contributed by atoms with E-state index in [-0.39, 0.29) is 47.8 Å². The molecule has 0 spiro atoms. The van der Waals surface area contributed by atoms with Gasteiger partial charge in [0, 0.05) is 6.54 Å². The first-order chi connectivity index (χ1) is 21.1. The highest BCUT2D eigenvalue weighted by Gasteiger charge is 2.51. The molecule has 13 nitrogen and oxygen atoms in total. The van der Waals surface area contributed by atoms with Crippen molar-refractivity contribution >= 4 is 29.8 Å². The molecule has 1 heterocycles. The number of aliphatic hydroxyl groups is 2. The standard InChI is InChI=1S/C13H24N2O4.C10H10O5.C9H12O2/c1-5-9(16)7-14-11(18)13(3,4)15(12(14)19)8-10(17)6-2;1-14-9(12)6-3-7(10(13)15-2)5-8(11)4-6;1-11-9(10)8-5-6-2-3-7(8)4-6/h9-10,16-17H,5-8H2,1-4H3;3-5,11H,1-2H3;2-3,6-8H,4-5H2,1H3. The molecule has 5 atom stereocenters. The number of β-amino-alcohol motifs (C(OH)–C–C–N with tert-alkyl or cyclic N) is 2. The summed E-state index contributed by atoms with van der Waals surface area (Å²) in [7, 11) is 3.90. The second-order valence-corrected chi connectivity index (χ2v) is 11.7. The summed E-state index contributed by atoms with van der Waals surface area (Å²) in [6, 6.07) is 3.27. The molecular formula is C32H46N2O11. The fourth-order valence-corrected chi connectivity index (χ4v) is 5.35. The molecule has 0 radical (unpaired) electrons. The summed E-state index contributed by atoms with van der Waals surface area (Å²) in [5, 5.41) is 28.6. The number of aliphatic hydroxyl groups excluding tert-OH is 2. The van der Waals surface area contributed by atoms with Gasteiger partial charge in [0.15, 0.2) is 0 Å². The number of phenols is 1. The maximum absolute atomic E-state index is 12.2. The Balaban J connectivity index is 0.000000243. The molecule has 4 rings (SSSR count). The molecule has 3 amide bonds. The first-order valence-corrected chi connectivity index (χ1v) is 14.9. The van der Waals surface area contributed by atoms with Crippen molar-refractivity contribution in [2.45, 2.75) is 71.1 Å². The summed E-state index contributed by atoms with van der Waals surface area (Å²) in [5.41, 5.74) is -0.781. The van der Waals surface area contributed by atoms with E-state index in [1.807, 2.05) is 6.92 Å². The first kappa shape index (κ1) is 37.2. The molecule has 3 N–H and O–H groups in total. The number of nitrogens with zero attached hydrogens (tertiary/aromatic N) is 2. The monoisotopic (exact) mass is 634 g/mol. The average Bonchev–Trinajstić information content (AvgIpc) is 3.71. The Kier molecular flexibility index (Phi) is 13.5. The van der Waals surface area contributed by atoms with Crippen LogP contribution in [0, 0.1) is 17.8 Å². The van der Waals surface area contributed by atoms with Gasteiger partial charge in [-0.15, -0.1) is 0 Å². The van der Waals surface area contributed by atoms with Crippen LogP contribution in [0.5, 0.6) is 5.75 Å². The van der Waals surface area contributed by atoms with Crippen molar-refractivity contribution in [3.8, 4) is 5.75 Å². The number of fused-ring (bicyclic) bond motifs is 2. The number of rotatable bonds is 9. The summed E-state index contributed by atoms with van der Waals surface area (Å²) in [6.45, 7) is 7.07. The van der Waals surface area contributed by atoms with Gasteiger partial charge in [-0.1, -0.05) is 26.0 Å². The van der Waals surface area contributed by atoms with Crippen molar-refractivity contribution in [1.29, 1.82) is 0 Å². The van der Waals surface area contributed by atoms with Gasteiger partial charge in [0.1, 0.15) is 11.3 Å². The van der Waals surface area contributed by atoms with Crippen LogP contribution in [-0.2, 0) is 23.8 Å². The molecule has 1 aromatic rings. The lowest BCUT2D eigenvalue weighted by atomic mass is 9.94. The van der Waals surface area contributed by atoms with E-state index >= 15 is 0 Å². The van der Waals surface area contributed by atoms with Gasteiger partial charge in [0.05, 0.1) is 57.1 Å². The van der Waals surface area contributed by atoms with Crippen LogP contribution in [0.4, 0.5) is 4.79 Å². The molecule has 2 bridgehead atoms. The zero-order chi connectivity index (χ0) is 34.1. The number of hydrogen-bond donors (Lipinski definition) is 3. The fraction of sp³-hybridized carbons (Fsp3) is 0.594. The lowest BCUT2D eigenvalue weighted by Crippen LogP contribution is -2.47. The highest BCUT2D eigenvalue weighted by atomic mass is 16.5. The Hall–Kier alpha value is -3.97. The number of phenolic OH excluding ortho intramolecular Hbond substituents is 1. The molecule has 1 saturated heterocycles. The van der Waals surface area contributed by atoms with Crippen molar-refractivity contribution in [3.63, 3.8) is 0 Å². The smallest absolute Gasteiger partial charge is 0.338 e. The lowest BCUT2D eigenvalue weighted by Gasteiger charge is -2.29. The van der Waals surface area contributed by atoms with Crippen molar-refractivity contribution in [3.05, 3.63) is 41.5 Å². The third-order valence-corrected chi connectivity index (χ3v) is 8.18. The summed E-state index contributed by atoms with van der Waals surface area (Å²) in [6.07, 6.45) is 6.21. The van der Waals surface area contributed by atoms with E-state index < -0.39 is 35.7 Å². The van der Waals surface area contributed by atoms with E-state index in [1.54, 1.807) is 20.8 Å². The Morgan fingerprint density at radius 1 is 0.867 bits per heavy atom. The molecular weight excluding hydrogens is 588 g/mol. The van der Waals surface area contributed by atoms with Crippen molar-refractivity contribution in [2.24, 2.45) is 17.8 Å². The largest absolute Gasteiger partial charge is 0.508 e. The van der Waals surface area contributed by atoms with Gasteiger partial charge in [-0.25, -0.2) is 14.4 Å². The molecule has 0 aromatic heterocycles. The molecule has 250 valence electrons. The highest BCUT2D eigenvalue weighted by Crippen LogP contribution is 2.43. The van der Waals surface area contributed by atoms with Crippen molar-refractivity contribution < 1.29 is 53.5 Å². The number of esters is 3. The van der Waals surface area contributed by atoms with Crippen LogP contribution in [0.2, 0.25) is 0 Å². The lowest BCUT2D eigenvalue weighted by molar-refractivity contribution is -0.146. The van der Waals surface area contributed by atoms with Gasteiger partial charge in [-0.3, -0.25) is 14.5 Å². The number of carbonyl (C=O) groups is 5. The molecule has 3 aliphatic rings. The number of urea groups is 1. The second kappa shape index (κ2) is 16.4. The zero-order valence-electron chi connectivity index (χ0n) is 27.0. The molecule has 1 aromatic carbocycles. The zero-order valence-corrected chi connectivity index (χ0v) is 27.0. The van der Waals surface area contributed by atoms with E-state index in [9.17, 15) is 39.3 Å². The molecule has 1 saturated carbocycles. The van der Waals surface area contributed by atoms with Crippen molar-refractivity contribution in [1.82, 2.24) is 9.80 Å². The molecule has 2 aliphatic carbocycles. The predicted molar refractivity (Wildman–Crippen MR) is 162 cm³/mol. The minimum absolute atomic E-state index is 0.0102. The van der Waals surface area contributed by atoms with E-state index in [4.69, 9.17) is 4.74 Å². The van der Waals surface area contributed by atoms with Crippen molar-refractivity contribution in [2.75, 3.05) is 34.4 Å². The van der Waals surface area contributed by atoms with Crippen LogP contribution in [-0.4, -0.2) is 107 Å². The highest BCUT2D eigenvalue weighted by molar-refractivity contribution is 6.06. The van der Waals surface area contributed by atoms with Gasteiger partial charge >= 0.3 is 23.9 Å². The number of allylic oxidation sites excluding steroid dienone is 2. The molecule has 5 unspecified atom stereocenters. The van der Waals surface area contributed by atoms with Crippen LogP contribution in [0.15, 0.2) is 30.4 Å². The van der Waals surface area contributed by atoms with Crippen LogP contribution in [0.25, 0.3) is 0 Å². The fourth-order valence-electron chi connectivity index (χ4n) is 5.35. The summed E-state index contributed by atoms with van der Waals surface area (Å²) >= 11 is 0. The number of imide groups is 1. The number of benzene rings is 1. The average molecular weight is 635 g/mol. The normalized spacial score (nSPS) is 22.1. The quantitative estimate of drug-likeness (QED) is 0.157. The van der Waals surface area contributed by atoms with E-state index in [1.165, 1.54) is 50.8 Å². The number of methoxy groups -OCH3 is 3. The van der Waals surface area contributed by atoms with E-state index in [2.05, 4.69) is 21.6 Å². The van der Waals surface area contributed by atoms with E-state index in [0.29, 0.717) is 24.7 Å². The Labute approximate surface area is 263 Å². The number of aromatic hydroxyl groups is 1. The van der Waals surface area contributed by atoms with Crippen LogP contribution >= 0.6 is 0 Å². The van der Waals surface area contributed by atoms with Crippen LogP contribution in [0.3, 0.4) is 0 Å². The van der Waals surface area contributed by atoms with Gasteiger partial charge < -0.3 is 34.4 Å². The summed E-state index contributed by atoms with van der Waals surface area (Å²) < 4.78 is 13.6. The molecule has 1 aliphatic heterocycles.